The number of benzene rings is 1. The molecule has 7 atom stereocenters. The molecule has 2 heterocycles. The molecule has 31 heavy (non-hydrogen) atoms. The van der Waals surface area contributed by atoms with Crippen LogP contribution in [-0.4, -0.2) is 49.7 Å². The second kappa shape index (κ2) is 10.1. The first-order valence-electron chi connectivity index (χ1n) is 10.4. The quantitative estimate of drug-likeness (QED) is 0.426. The minimum Gasteiger partial charge on any atom is -0.373 e. The van der Waals surface area contributed by atoms with Gasteiger partial charge in [-0.05, 0) is 12.0 Å². The largest absolute Gasteiger partial charge is 0.373 e. The summed E-state index contributed by atoms with van der Waals surface area (Å²) in [6, 6.07) is 8.93. The molecule has 1 N–H and O–H groups in total. The number of allylic oxidation sites excluding steroid dienone is 3. The lowest BCUT2D eigenvalue weighted by molar-refractivity contribution is -0.319. The van der Waals surface area contributed by atoms with Gasteiger partial charge in [0, 0.05) is 23.3 Å². The van der Waals surface area contributed by atoms with Gasteiger partial charge in [0.05, 0.1) is 19.3 Å². The standard InChI is InChI=1S/C22H26N4O5/c1-14(27)24-18-20(28-12-15-8-4-2-5-9-15)19-17(30-21(18)25-26-23)13-29-22(31-19)16-10-6-3-7-11-16/h2-8,10-11,15,17-22H,9,12-13H2,1H3,(H,24,27)/t15-,17+,18+,19+,20+,21+,22-/m0/s1. The van der Waals surface area contributed by atoms with Gasteiger partial charge >= 0.3 is 0 Å². The summed E-state index contributed by atoms with van der Waals surface area (Å²) in [4.78, 5) is 14.8. The lowest BCUT2D eigenvalue weighted by atomic mass is 9.94. The summed E-state index contributed by atoms with van der Waals surface area (Å²) in [5.74, 6) is -0.0575. The molecule has 1 amide bonds. The van der Waals surface area contributed by atoms with E-state index in [2.05, 4.69) is 27.5 Å². The Morgan fingerprint density at radius 1 is 1.29 bits per heavy atom. The summed E-state index contributed by atoms with van der Waals surface area (Å²) in [5, 5.41) is 6.59. The summed E-state index contributed by atoms with van der Waals surface area (Å²) in [5.41, 5.74) is 9.91. The van der Waals surface area contributed by atoms with Crippen molar-refractivity contribution >= 4 is 5.91 Å². The fraction of sp³-hybridized carbons (Fsp3) is 0.500. The lowest BCUT2D eigenvalue weighted by Gasteiger charge is -2.48. The minimum absolute atomic E-state index is 0.215. The molecule has 0 saturated carbocycles. The Labute approximate surface area is 180 Å². The Morgan fingerprint density at radius 3 is 2.84 bits per heavy atom. The molecule has 2 fully saturated rings. The molecule has 0 aromatic heterocycles. The summed E-state index contributed by atoms with van der Waals surface area (Å²) in [6.07, 6.45) is 5.96. The Morgan fingerprint density at radius 2 is 2.13 bits per heavy atom. The van der Waals surface area contributed by atoms with E-state index < -0.39 is 36.9 Å². The van der Waals surface area contributed by atoms with E-state index >= 15 is 0 Å². The van der Waals surface area contributed by atoms with Crippen LogP contribution in [0.15, 0.2) is 59.8 Å². The van der Waals surface area contributed by atoms with Crippen LogP contribution in [0.1, 0.15) is 25.2 Å². The second-order valence-electron chi connectivity index (χ2n) is 7.78. The zero-order chi connectivity index (χ0) is 21.6. The van der Waals surface area contributed by atoms with E-state index in [4.69, 9.17) is 24.5 Å². The molecule has 4 rings (SSSR count). The highest BCUT2D eigenvalue weighted by Gasteiger charge is 2.50. The third-order valence-corrected chi connectivity index (χ3v) is 5.54. The fourth-order valence-electron chi connectivity index (χ4n) is 4.09. The molecule has 1 aliphatic carbocycles. The maximum absolute atomic E-state index is 11.9. The van der Waals surface area contributed by atoms with E-state index in [1.165, 1.54) is 6.92 Å². The van der Waals surface area contributed by atoms with Crippen molar-refractivity contribution in [3.05, 3.63) is 70.6 Å². The van der Waals surface area contributed by atoms with Crippen molar-refractivity contribution in [2.75, 3.05) is 13.2 Å². The number of fused-ring (bicyclic) bond motifs is 1. The van der Waals surface area contributed by atoms with Crippen molar-refractivity contribution in [2.45, 2.75) is 50.2 Å². The van der Waals surface area contributed by atoms with E-state index in [0.29, 0.717) is 6.61 Å². The molecule has 3 aliphatic rings. The molecular formula is C22H26N4O5. The van der Waals surface area contributed by atoms with Crippen molar-refractivity contribution in [3.8, 4) is 0 Å². The van der Waals surface area contributed by atoms with Gasteiger partial charge in [0.25, 0.3) is 0 Å². The molecule has 164 valence electrons. The fourth-order valence-corrected chi connectivity index (χ4v) is 4.09. The zero-order valence-electron chi connectivity index (χ0n) is 17.2. The van der Waals surface area contributed by atoms with Crippen LogP contribution in [0.2, 0.25) is 0 Å². The summed E-state index contributed by atoms with van der Waals surface area (Å²) in [7, 11) is 0. The lowest BCUT2D eigenvalue weighted by Crippen LogP contribution is -2.66. The number of azide groups is 1. The van der Waals surface area contributed by atoms with Gasteiger partial charge in [-0.25, -0.2) is 0 Å². The van der Waals surface area contributed by atoms with E-state index in [9.17, 15) is 4.79 Å². The molecule has 0 radical (unpaired) electrons. The molecule has 0 spiro atoms. The van der Waals surface area contributed by atoms with E-state index in [-0.39, 0.29) is 18.4 Å². The second-order valence-corrected chi connectivity index (χ2v) is 7.78. The first-order chi connectivity index (χ1) is 15.2. The number of carbonyl (C=O) groups is 1. The van der Waals surface area contributed by atoms with Gasteiger partial charge in [0.2, 0.25) is 5.91 Å². The number of nitrogens with zero attached hydrogens (tertiary/aromatic N) is 3. The predicted octanol–water partition coefficient (Wildman–Crippen LogP) is 3.16. The highest BCUT2D eigenvalue weighted by molar-refractivity contribution is 5.73. The monoisotopic (exact) mass is 426 g/mol. The number of carbonyl (C=O) groups excluding carboxylic acids is 1. The topological polar surface area (TPSA) is 115 Å². The van der Waals surface area contributed by atoms with Crippen molar-refractivity contribution in [2.24, 2.45) is 11.0 Å². The van der Waals surface area contributed by atoms with Crippen molar-refractivity contribution in [1.29, 1.82) is 0 Å². The summed E-state index contributed by atoms with van der Waals surface area (Å²) >= 11 is 0. The number of nitrogens with one attached hydrogen (secondary N) is 1. The van der Waals surface area contributed by atoms with Gasteiger partial charge in [-0.1, -0.05) is 59.8 Å². The smallest absolute Gasteiger partial charge is 0.217 e. The van der Waals surface area contributed by atoms with E-state index in [1.807, 2.05) is 42.5 Å². The van der Waals surface area contributed by atoms with Crippen LogP contribution >= 0.6 is 0 Å². The highest BCUT2D eigenvalue weighted by Crippen LogP contribution is 2.36. The zero-order valence-corrected chi connectivity index (χ0v) is 17.2. The number of amides is 1. The van der Waals surface area contributed by atoms with Gasteiger partial charge < -0.3 is 24.3 Å². The van der Waals surface area contributed by atoms with Gasteiger partial charge in [0.15, 0.2) is 12.5 Å². The molecule has 0 unspecified atom stereocenters. The molecule has 9 nitrogen and oxygen atoms in total. The van der Waals surface area contributed by atoms with Crippen LogP contribution in [0.25, 0.3) is 10.4 Å². The van der Waals surface area contributed by atoms with E-state index in [0.717, 1.165) is 12.0 Å². The molecular weight excluding hydrogens is 400 g/mol. The van der Waals surface area contributed by atoms with Crippen LogP contribution in [-0.2, 0) is 23.7 Å². The Kier molecular flexibility index (Phi) is 7.01. The van der Waals surface area contributed by atoms with Crippen LogP contribution in [0.3, 0.4) is 0 Å². The predicted molar refractivity (Wildman–Crippen MR) is 112 cm³/mol. The third kappa shape index (κ3) is 5.15. The number of rotatable bonds is 6. The normalized spacial score (nSPS) is 34.4. The van der Waals surface area contributed by atoms with Crippen LogP contribution in [0.5, 0.6) is 0 Å². The Bertz CT molecular complexity index is 870. The first-order valence-corrected chi connectivity index (χ1v) is 10.4. The van der Waals surface area contributed by atoms with Crippen molar-refractivity contribution < 1.29 is 23.7 Å². The van der Waals surface area contributed by atoms with Gasteiger partial charge in [-0.2, -0.15) is 0 Å². The van der Waals surface area contributed by atoms with E-state index in [1.54, 1.807) is 0 Å². The van der Waals surface area contributed by atoms with Crippen LogP contribution < -0.4 is 5.32 Å². The number of hydrogen-bond acceptors (Lipinski definition) is 6. The summed E-state index contributed by atoms with van der Waals surface area (Å²) < 4.78 is 24.4. The Balaban J connectivity index is 1.58. The average molecular weight is 426 g/mol. The third-order valence-electron chi connectivity index (χ3n) is 5.54. The first kappa shape index (κ1) is 21.5. The van der Waals surface area contributed by atoms with Crippen molar-refractivity contribution in [3.63, 3.8) is 0 Å². The SMILES string of the molecule is CC(=O)N[C@@H]1[C@@H](OC[C@H]2C=CC=CC2)[C@@H]2O[C@@H](c3ccccc3)OC[C@H]2O[C@H]1N=[N+]=[N-]. The average Bonchev–Trinajstić information content (AvgIpc) is 2.79. The molecule has 9 heteroatoms. The van der Waals surface area contributed by atoms with Crippen molar-refractivity contribution in [1.82, 2.24) is 5.32 Å². The molecule has 2 aliphatic heterocycles. The molecule has 2 saturated heterocycles. The van der Waals surface area contributed by atoms with Gasteiger partial charge in [-0.3, -0.25) is 4.79 Å². The maximum atomic E-state index is 11.9. The number of hydrogen-bond donors (Lipinski definition) is 1. The highest BCUT2D eigenvalue weighted by atomic mass is 16.7. The van der Waals surface area contributed by atoms with Crippen LogP contribution in [0.4, 0.5) is 0 Å². The molecule has 1 aromatic carbocycles. The van der Waals surface area contributed by atoms with Gasteiger partial charge in [-0.15, -0.1) is 0 Å². The minimum atomic E-state index is -0.928. The molecule has 1 aromatic rings. The number of ether oxygens (including phenoxy) is 4. The van der Waals surface area contributed by atoms with Gasteiger partial charge in [0.1, 0.15) is 18.3 Å². The maximum Gasteiger partial charge on any atom is 0.217 e. The molecule has 0 bridgehead atoms. The summed E-state index contributed by atoms with van der Waals surface area (Å²) in [6.45, 7) is 2.09. The Hall–Kier alpha value is -2.68. The van der Waals surface area contributed by atoms with Crippen LogP contribution in [0, 0.1) is 5.92 Å².